The van der Waals surface area contributed by atoms with Crippen LogP contribution in [-0.4, -0.2) is 23.3 Å². The molecule has 0 spiro atoms. The molecular weight excluding hydrogens is 398 g/mol. The summed E-state index contributed by atoms with van der Waals surface area (Å²) in [6, 6.07) is 26.8. The van der Waals surface area contributed by atoms with Crippen molar-refractivity contribution in [2.75, 3.05) is 16.8 Å². The molecule has 32 heavy (non-hydrogen) atoms. The first-order chi connectivity index (χ1) is 15.7. The molecule has 0 fully saturated rings. The summed E-state index contributed by atoms with van der Waals surface area (Å²) in [6.07, 6.45) is 4.01. The lowest BCUT2D eigenvalue weighted by Gasteiger charge is -2.18. The fraction of sp³-hybridized carbons (Fsp3) is 0.0741. The molecule has 2 amide bonds. The van der Waals surface area contributed by atoms with Crippen molar-refractivity contribution in [3.8, 4) is 11.1 Å². The predicted molar refractivity (Wildman–Crippen MR) is 126 cm³/mol. The Labute approximate surface area is 186 Å². The summed E-state index contributed by atoms with van der Waals surface area (Å²) in [5.41, 5.74) is 5.87. The highest BCUT2D eigenvalue weighted by molar-refractivity contribution is 6.08. The minimum atomic E-state index is -0.187. The number of nitrogens with one attached hydrogen (secondary N) is 1. The summed E-state index contributed by atoms with van der Waals surface area (Å²) in [5, 5.41) is 2.96. The zero-order valence-corrected chi connectivity index (χ0v) is 17.4. The fourth-order valence-corrected chi connectivity index (χ4v) is 3.96. The van der Waals surface area contributed by atoms with Crippen LogP contribution in [0.25, 0.3) is 11.1 Å². The van der Waals surface area contributed by atoms with Gasteiger partial charge in [0.1, 0.15) is 0 Å². The molecule has 3 aromatic carbocycles. The number of nitrogens with zero attached hydrogens (tertiary/aromatic N) is 2. The van der Waals surface area contributed by atoms with E-state index < -0.39 is 0 Å². The maximum atomic E-state index is 12.9. The number of carbonyl (C=O) groups is 2. The highest BCUT2D eigenvalue weighted by atomic mass is 16.2. The van der Waals surface area contributed by atoms with Crippen molar-refractivity contribution in [1.82, 2.24) is 4.98 Å². The predicted octanol–water partition coefficient (Wildman–Crippen LogP) is 5.20. The molecule has 1 aliphatic heterocycles. The van der Waals surface area contributed by atoms with E-state index in [0.717, 1.165) is 28.8 Å². The number of pyridine rings is 1. The van der Waals surface area contributed by atoms with Crippen LogP contribution in [0, 0.1) is 0 Å². The smallest absolute Gasteiger partial charge is 0.259 e. The molecule has 0 saturated carbocycles. The lowest BCUT2D eigenvalue weighted by atomic mass is 10.0. The number of hydrogen-bond acceptors (Lipinski definition) is 3. The van der Waals surface area contributed by atoms with Gasteiger partial charge in [-0.25, -0.2) is 0 Å². The first-order valence-corrected chi connectivity index (χ1v) is 10.5. The Balaban J connectivity index is 1.33. The van der Waals surface area contributed by atoms with Gasteiger partial charge in [-0.05, 0) is 59.5 Å². The lowest BCUT2D eigenvalue weighted by Crippen LogP contribution is -2.29. The van der Waals surface area contributed by atoms with E-state index in [-0.39, 0.29) is 11.8 Å². The van der Waals surface area contributed by atoms with Crippen molar-refractivity contribution in [1.29, 1.82) is 0 Å². The minimum absolute atomic E-state index is 0.0863. The van der Waals surface area contributed by atoms with Gasteiger partial charge in [0.2, 0.25) is 0 Å². The van der Waals surface area contributed by atoms with Crippen molar-refractivity contribution in [3.63, 3.8) is 0 Å². The molecule has 1 aliphatic rings. The van der Waals surface area contributed by atoms with E-state index in [1.165, 1.54) is 0 Å². The molecule has 0 aliphatic carbocycles. The van der Waals surface area contributed by atoms with Gasteiger partial charge in [-0.1, -0.05) is 48.5 Å². The Kier molecular flexibility index (Phi) is 5.22. The first-order valence-electron chi connectivity index (χ1n) is 10.5. The Morgan fingerprint density at radius 2 is 1.59 bits per heavy atom. The number of hydrogen-bond donors (Lipinski definition) is 1. The van der Waals surface area contributed by atoms with Crippen LogP contribution in [-0.2, 0) is 6.42 Å². The Morgan fingerprint density at radius 1 is 0.812 bits per heavy atom. The molecule has 0 atom stereocenters. The van der Waals surface area contributed by atoms with Crippen molar-refractivity contribution in [3.05, 3.63) is 114 Å². The molecule has 0 bridgehead atoms. The molecule has 5 rings (SSSR count). The quantitative estimate of drug-likeness (QED) is 0.494. The molecule has 4 aromatic rings. The van der Waals surface area contributed by atoms with E-state index in [1.807, 2.05) is 72.8 Å². The highest BCUT2D eigenvalue weighted by Gasteiger charge is 2.26. The number of amides is 2. The van der Waals surface area contributed by atoms with Crippen molar-refractivity contribution < 1.29 is 9.59 Å². The van der Waals surface area contributed by atoms with Crippen LogP contribution >= 0.6 is 0 Å². The normalized spacial score (nSPS) is 12.3. The van der Waals surface area contributed by atoms with Gasteiger partial charge < -0.3 is 10.2 Å². The Bertz CT molecular complexity index is 1270. The first kappa shape index (κ1) is 19.7. The van der Waals surface area contributed by atoms with Gasteiger partial charge in [0.05, 0.1) is 5.56 Å². The molecular formula is C27H21N3O2. The van der Waals surface area contributed by atoms with Gasteiger partial charge in [-0.2, -0.15) is 0 Å². The van der Waals surface area contributed by atoms with Crippen LogP contribution in [0.3, 0.4) is 0 Å². The monoisotopic (exact) mass is 419 g/mol. The Hall–Kier alpha value is -4.25. The minimum Gasteiger partial charge on any atom is -0.322 e. The number of rotatable bonds is 4. The number of carbonyl (C=O) groups excluding carboxylic acids is 2. The van der Waals surface area contributed by atoms with Gasteiger partial charge in [0.15, 0.2) is 0 Å². The average Bonchev–Trinajstić information content (AvgIpc) is 3.28. The van der Waals surface area contributed by atoms with E-state index in [2.05, 4.69) is 10.3 Å². The van der Waals surface area contributed by atoms with Crippen molar-refractivity contribution in [2.45, 2.75) is 6.42 Å². The van der Waals surface area contributed by atoms with Crippen molar-refractivity contribution >= 4 is 23.2 Å². The standard InChI is InChI=1S/C27H21N3O2/c31-26(22-10-8-20(9-11-22)19-5-2-1-3-6-19)29-24-13-12-21-14-16-30(25(21)17-24)27(32)23-7-4-15-28-18-23/h1-13,15,17-18H,14,16H2,(H,29,31). The molecule has 156 valence electrons. The van der Waals surface area contributed by atoms with Crippen LogP contribution in [0.1, 0.15) is 26.3 Å². The number of aromatic nitrogens is 1. The second-order valence-corrected chi connectivity index (χ2v) is 7.69. The van der Waals surface area contributed by atoms with Gasteiger partial charge >= 0.3 is 0 Å². The van der Waals surface area contributed by atoms with Gasteiger partial charge in [-0.15, -0.1) is 0 Å². The third-order valence-corrected chi connectivity index (χ3v) is 5.65. The van der Waals surface area contributed by atoms with Gasteiger partial charge in [0, 0.05) is 35.9 Å². The largest absolute Gasteiger partial charge is 0.322 e. The van der Waals surface area contributed by atoms with Crippen LogP contribution in [0.15, 0.2) is 97.3 Å². The van der Waals surface area contributed by atoms with E-state index in [9.17, 15) is 9.59 Å². The van der Waals surface area contributed by atoms with Crippen LogP contribution in [0.4, 0.5) is 11.4 Å². The van der Waals surface area contributed by atoms with E-state index in [0.29, 0.717) is 23.4 Å². The fourth-order valence-electron chi connectivity index (χ4n) is 3.96. The summed E-state index contributed by atoms with van der Waals surface area (Å²) in [5.74, 6) is -0.274. The molecule has 0 unspecified atom stereocenters. The molecule has 0 radical (unpaired) electrons. The third-order valence-electron chi connectivity index (χ3n) is 5.65. The summed E-state index contributed by atoms with van der Waals surface area (Å²) in [7, 11) is 0. The van der Waals surface area contributed by atoms with E-state index >= 15 is 0 Å². The maximum Gasteiger partial charge on any atom is 0.259 e. The number of benzene rings is 3. The lowest BCUT2D eigenvalue weighted by molar-refractivity contribution is 0.0987. The molecule has 5 nitrogen and oxygen atoms in total. The molecule has 1 aromatic heterocycles. The number of anilines is 2. The highest BCUT2D eigenvalue weighted by Crippen LogP contribution is 2.32. The third kappa shape index (κ3) is 3.88. The van der Waals surface area contributed by atoms with E-state index in [4.69, 9.17) is 0 Å². The Morgan fingerprint density at radius 3 is 2.34 bits per heavy atom. The van der Waals surface area contributed by atoms with Crippen LogP contribution in [0.2, 0.25) is 0 Å². The van der Waals surface area contributed by atoms with Gasteiger partial charge in [-0.3, -0.25) is 14.6 Å². The van der Waals surface area contributed by atoms with Crippen LogP contribution < -0.4 is 10.2 Å². The summed E-state index contributed by atoms with van der Waals surface area (Å²) < 4.78 is 0. The average molecular weight is 419 g/mol. The zero-order chi connectivity index (χ0) is 21.9. The maximum absolute atomic E-state index is 12.9. The van der Waals surface area contributed by atoms with E-state index in [1.54, 1.807) is 29.4 Å². The second kappa shape index (κ2) is 8.47. The van der Waals surface area contributed by atoms with Crippen LogP contribution in [0.5, 0.6) is 0 Å². The SMILES string of the molecule is O=C(Nc1ccc2c(c1)N(C(=O)c1cccnc1)CC2)c1ccc(-c2ccccc2)cc1. The number of fused-ring (bicyclic) bond motifs is 1. The van der Waals surface area contributed by atoms with Crippen molar-refractivity contribution in [2.24, 2.45) is 0 Å². The van der Waals surface area contributed by atoms with Gasteiger partial charge in [0.25, 0.3) is 11.8 Å². The molecule has 2 heterocycles. The zero-order valence-electron chi connectivity index (χ0n) is 17.4. The second-order valence-electron chi connectivity index (χ2n) is 7.69. The topological polar surface area (TPSA) is 62.3 Å². The molecule has 1 N–H and O–H groups in total. The molecule has 0 saturated heterocycles. The summed E-state index contributed by atoms with van der Waals surface area (Å²) >= 11 is 0. The molecule has 5 heteroatoms. The summed E-state index contributed by atoms with van der Waals surface area (Å²) in [4.78, 5) is 31.5. The summed E-state index contributed by atoms with van der Waals surface area (Å²) in [6.45, 7) is 0.613.